The fraction of sp³-hybridized carbons (Fsp3) is 0.357. The van der Waals surface area contributed by atoms with Crippen LogP contribution in [0.5, 0.6) is 0 Å². The minimum Gasteiger partial charge on any atom is -0.383 e. The molecule has 0 radical (unpaired) electrons. The number of nitrogens with zero attached hydrogens (tertiary/aromatic N) is 5. The molecule has 2 N–H and O–H groups in total. The fourth-order valence-corrected chi connectivity index (χ4v) is 4.86. The Hall–Kier alpha value is -4.06. The second kappa shape index (κ2) is 10.5. The SMILES string of the molecule is CC(=O)N(C)N(Cc1ccc(CCC(C)(C)S(C)(=O)=O)cc1F)C(=O)c1ccc2nc(N)c3cnn(C)c3c2c1. The highest BCUT2D eigenvalue weighted by Gasteiger charge is 2.30. The van der Waals surface area contributed by atoms with E-state index in [1.807, 2.05) is 0 Å². The molecule has 2 heterocycles. The van der Waals surface area contributed by atoms with Crippen molar-refractivity contribution in [3.05, 3.63) is 65.1 Å². The van der Waals surface area contributed by atoms with Gasteiger partial charge in [-0.2, -0.15) is 5.10 Å². The molecule has 0 bridgehead atoms. The maximum atomic E-state index is 15.2. The number of aromatic nitrogens is 3. The molecular formula is C28H33FN6O4S. The minimum atomic E-state index is -3.28. The molecule has 0 atom stereocenters. The average Bonchev–Trinajstić information content (AvgIpc) is 3.28. The van der Waals surface area contributed by atoms with Gasteiger partial charge in [-0.3, -0.25) is 19.3 Å². The number of benzene rings is 2. The lowest BCUT2D eigenvalue weighted by atomic mass is 10.0. The van der Waals surface area contributed by atoms with Gasteiger partial charge in [0.15, 0.2) is 9.84 Å². The summed E-state index contributed by atoms with van der Waals surface area (Å²) in [6, 6.07) is 9.53. The zero-order valence-electron chi connectivity index (χ0n) is 23.4. The van der Waals surface area contributed by atoms with Gasteiger partial charge in [0.25, 0.3) is 5.91 Å². The lowest BCUT2D eigenvalue weighted by Gasteiger charge is -2.31. The maximum Gasteiger partial charge on any atom is 0.272 e. The summed E-state index contributed by atoms with van der Waals surface area (Å²) in [6.07, 6.45) is 3.49. The predicted molar refractivity (Wildman–Crippen MR) is 152 cm³/mol. The quantitative estimate of drug-likeness (QED) is 0.337. The minimum absolute atomic E-state index is 0.199. The predicted octanol–water partition coefficient (Wildman–Crippen LogP) is 3.63. The van der Waals surface area contributed by atoms with E-state index in [1.165, 1.54) is 31.3 Å². The molecule has 0 unspecified atom stereocenters. The van der Waals surface area contributed by atoms with Crippen LogP contribution in [0.3, 0.4) is 0 Å². The molecule has 0 aliphatic rings. The Labute approximate surface area is 232 Å². The molecule has 40 heavy (non-hydrogen) atoms. The van der Waals surface area contributed by atoms with Gasteiger partial charge in [0, 0.05) is 43.8 Å². The lowest BCUT2D eigenvalue weighted by Crippen LogP contribution is -2.46. The van der Waals surface area contributed by atoms with Crippen LogP contribution < -0.4 is 5.73 Å². The number of carbonyl (C=O) groups is 2. The van der Waals surface area contributed by atoms with Gasteiger partial charge in [0.05, 0.1) is 33.9 Å². The van der Waals surface area contributed by atoms with Gasteiger partial charge in [-0.25, -0.2) is 22.8 Å². The third kappa shape index (κ3) is 5.48. The summed E-state index contributed by atoms with van der Waals surface area (Å²) < 4.78 is 40.0. The molecule has 2 aromatic heterocycles. The highest BCUT2D eigenvalue weighted by molar-refractivity contribution is 7.92. The number of anilines is 1. The van der Waals surface area contributed by atoms with Gasteiger partial charge in [-0.05, 0) is 56.5 Å². The molecule has 2 aromatic carbocycles. The Kier molecular flexibility index (Phi) is 7.59. The Bertz CT molecular complexity index is 1750. The van der Waals surface area contributed by atoms with Gasteiger partial charge in [-0.15, -0.1) is 0 Å². The number of amides is 2. The van der Waals surface area contributed by atoms with Gasteiger partial charge in [0.2, 0.25) is 5.91 Å². The zero-order valence-corrected chi connectivity index (χ0v) is 24.2. The highest BCUT2D eigenvalue weighted by Crippen LogP contribution is 2.29. The van der Waals surface area contributed by atoms with E-state index in [0.29, 0.717) is 46.0 Å². The van der Waals surface area contributed by atoms with Crippen molar-refractivity contribution in [3.8, 4) is 0 Å². The Balaban J connectivity index is 1.65. The highest BCUT2D eigenvalue weighted by atomic mass is 32.2. The molecule has 12 heteroatoms. The standard InChI is InChI=1S/C28H33FN6O4S/c1-17(36)34(5)35(16-20-8-7-18(13-23(20)29)11-12-28(2,3)40(6,38)39)27(37)19-9-10-24-21(14-19)25-22(26(30)32-24)15-31-33(25)4/h7-10,13-15H,11-12,16H2,1-6H3,(H2,30,32). The summed E-state index contributed by atoms with van der Waals surface area (Å²) in [5.41, 5.74) is 8.49. The first-order valence-electron chi connectivity index (χ1n) is 12.6. The average molecular weight is 569 g/mol. The van der Waals surface area contributed by atoms with E-state index in [9.17, 15) is 18.0 Å². The van der Waals surface area contributed by atoms with E-state index in [0.717, 1.165) is 5.01 Å². The van der Waals surface area contributed by atoms with Crippen molar-refractivity contribution < 1.29 is 22.4 Å². The van der Waals surface area contributed by atoms with Crippen molar-refractivity contribution in [1.82, 2.24) is 24.8 Å². The summed E-state index contributed by atoms with van der Waals surface area (Å²) >= 11 is 0. The second-order valence-electron chi connectivity index (χ2n) is 10.6. The number of aryl methyl sites for hydroxylation is 2. The van der Waals surface area contributed by atoms with Gasteiger partial charge >= 0.3 is 0 Å². The maximum absolute atomic E-state index is 15.2. The first-order valence-corrected chi connectivity index (χ1v) is 14.5. The number of hydrogen-bond donors (Lipinski definition) is 1. The number of carbonyl (C=O) groups excluding carboxylic acids is 2. The van der Waals surface area contributed by atoms with Crippen LogP contribution in [-0.4, -0.2) is 63.1 Å². The molecule has 0 saturated carbocycles. The van der Waals surface area contributed by atoms with Crippen LogP contribution in [0.15, 0.2) is 42.6 Å². The van der Waals surface area contributed by atoms with Crippen LogP contribution in [0, 0.1) is 5.82 Å². The molecule has 0 saturated heterocycles. The van der Waals surface area contributed by atoms with Gasteiger partial charge < -0.3 is 5.73 Å². The molecule has 2 amide bonds. The molecule has 0 fully saturated rings. The number of sulfone groups is 1. The van der Waals surface area contributed by atoms with Crippen molar-refractivity contribution in [2.45, 2.75) is 44.9 Å². The molecule has 0 aliphatic carbocycles. The van der Waals surface area contributed by atoms with E-state index in [4.69, 9.17) is 5.73 Å². The Morgan fingerprint density at radius 1 is 1.12 bits per heavy atom. The summed E-state index contributed by atoms with van der Waals surface area (Å²) in [5, 5.41) is 7.90. The molecular weight excluding hydrogens is 535 g/mol. The smallest absolute Gasteiger partial charge is 0.272 e. The largest absolute Gasteiger partial charge is 0.383 e. The topological polar surface area (TPSA) is 131 Å². The fourth-order valence-electron chi connectivity index (χ4n) is 4.39. The van der Waals surface area contributed by atoms with Crippen LogP contribution in [-0.2, 0) is 34.6 Å². The molecule has 0 aliphatic heterocycles. The van der Waals surface area contributed by atoms with Crippen LogP contribution in [0.25, 0.3) is 21.8 Å². The van der Waals surface area contributed by atoms with E-state index < -0.39 is 32.2 Å². The van der Waals surface area contributed by atoms with E-state index in [1.54, 1.807) is 62.1 Å². The molecule has 212 valence electrons. The number of nitrogens with two attached hydrogens (primary N) is 1. The first kappa shape index (κ1) is 28.9. The number of fused-ring (bicyclic) bond motifs is 3. The monoisotopic (exact) mass is 568 g/mol. The van der Waals surface area contributed by atoms with Crippen molar-refractivity contribution in [1.29, 1.82) is 0 Å². The molecule has 0 spiro atoms. The van der Waals surface area contributed by atoms with E-state index >= 15 is 4.39 Å². The van der Waals surface area contributed by atoms with Crippen molar-refractivity contribution in [2.75, 3.05) is 19.0 Å². The van der Waals surface area contributed by atoms with E-state index in [2.05, 4.69) is 10.1 Å². The Morgan fingerprint density at radius 3 is 2.45 bits per heavy atom. The third-order valence-electron chi connectivity index (χ3n) is 7.46. The first-order chi connectivity index (χ1) is 18.6. The van der Waals surface area contributed by atoms with Gasteiger partial charge in [0.1, 0.15) is 11.6 Å². The zero-order chi connectivity index (χ0) is 29.6. The number of rotatable bonds is 7. The van der Waals surface area contributed by atoms with Crippen molar-refractivity contribution in [2.24, 2.45) is 7.05 Å². The van der Waals surface area contributed by atoms with Crippen LogP contribution in [0.1, 0.15) is 48.7 Å². The van der Waals surface area contributed by atoms with Crippen molar-refractivity contribution in [3.63, 3.8) is 0 Å². The summed E-state index contributed by atoms with van der Waals surface area (Å²) in [4.78, 5) is 30.4. The number of hydrazine groups is 1. The summed E-state index contributed by atoms with van der Waals surface area (Å²) in [5.74, 6) is -1.15. The molecule has 4 aromatic rings. The Morgan fingerprint density at radius 2 is 1.82 bits per heavy atom. The summed E-state index contributed by atoms with van der Waals surface area (Å²) in [6.45, 7) is 4.40. The lowest BCUT2D eigenvalue weighted by molar-refractivity contribution is -0.140. The number of pyridine rings is 1. The van der Waals surface area contributed by atoms with Crippen LogP contribution >= 0.6 is 0 Å². The van der Waals surface area contributed by atoms with Crippen LogP contribution in [0.4, 0.5) is 10.2 Å². The number of hydrogen-bond acceptors (Lipinski definition) is 7. The second-order valence-corrected chi connectivity index (χ2v) is 13.3. The third-order valence-corrected chi connectivity index (χ3v) is 9.68. The number of nitrogen functional groups attached to an aromatic ring is 1. The van der Waals surface area contributed by atoms with E-state index in [-0.39, 0.29) is 17.7 Å². The van der Waals surface area contributed by atoms with Gasteiger partial charge in [-0.1, -0.05) is 12.1 Å². The van der Waals surface area contributed by atoms with Crippen LogP contribution in [0.2, 0.25) is 0 Å². The molecule has 10 nitrogen and oxygen atoms in total. The number of halogens is 1. The molecule has 4 rings (SSSR count). The summed E-state index contributed by atoms with van der Waals surface area (Å²) in [7, 11) is -0.0671. The normalized spacial score (nSPS) is 12.2. The van der Waals surface area contributed by atoms with Crippen molar-refractivity contribution >= 4 is 49.3 Å².